The Morgan fingerprint density at radius 2 is 2.22 bits per heavy atom. The second-order valence-electron chi connectivity index (χ2n) is 5.54. The zero-order chi connectivity index (χ0) is 13.2. The number of esters is 1. The van der Waals surface area contributed by atoms with Gasteiger partial charge in [0.25, 0.3) is 0 Å². The Labute approximate surface area is 109 Å². The Morgan fingerprint density at radius 3 is 2.94 bits per heavy atom. The van der Waals surface area contributed by atoms with E-state index >= 15 is 0 Å². The van der Waals surface area contributed by atoms with E-state index in [1.807, 2.05) is 6.08 Å². The minimum atomic E-state index is -0.807. The summed E-state index contributed by atoms with van der Waals surface area (Å²) in [6.07, 6.45) is 8.05. The van der Waals surface area contributed by atoms with E-state index in [1.54, 1.807) is 13.8 Å². The van der Waals surface area contributed by atoms with Crippen LogP contribution in [0.3, 0.4) is 0 Å². The third-order valence-electron chi connectivity index (χ3n) is 3.55. The molecule has 0 spiro atoms. The first-order valence-electron chi connectivity index (χ1n) is 6.80. The van der Waals surface area contributed by atoms with Crippen LogP contribution in [0.15, 0.2) is 24.0 Å². The second kappa shape index (κ2) is 5.17. The van der Waals surface area contributed by atoms with E-state index in [-0.39, 0.29) is 5.97 Å². The van der Waals surface area contributed by atoms with Crippen LogP contribution in [0, 0.1) is 5.92 Å². The average Bonchev–Trinajstić information content (AvgIpc) is 2.27. The van der Waals surface area contributed by atoms with E-state index < -0.39 is 5.79 Å². The summed E-state index contributed by atoms with van der Waals surface area (Å²) in [5, 5.41) is 0. The van der Waals surface area contributed by atoms with Gasteiger partial charge in [-0.15, -0.1) is 6.58 Å². The molecule has 0 bridgehead atoms. The Kier molecular flexibility index (Phi) is 3.79. The number of allylic oxidation sites excluding steroid dienone is 2. The number of rotatable bonds is 4. The number of hydrogen-bond acceptors (Lipinski definition) is 3. The highest BCUT2D eigenvalue weighted by molar-refractivity contribution is 5.90. The predicted molar refractivity (Wildman–Crippen MR) is 69.7 cm³/mol. The van der Waals surface area contributed by atoms with Crippen molar-refractivity contribution in [1.82, 2.24) is 0 Å². The highest BCUT2D eigenvalue weighted by Crippen LogP contribution is 2.40. The van der Waals surface area contributed by atoms with Crippen molar-refractivity contribution >= 4 is 5.97 Å². The first kappa shape index (κ1) is 13.2. The van der Waals surface area contributed by atoms with Crippen molar-refractivity contribution in [2.75, 3.05) is 0 Å². The molecular formula is C15H22O3. The molecule has 0 saturated heterocycles. The highest BCUT2D eigenvalue weighted by Gasteiger charge is 2.40. The van der Waals surface area contributed by atoms with E-state index in [0.29, 0.717) is 5.92 Å². The minimum absolute atomic E-state index is 0.176. The summed E-state index contributed by atoms with van der Waals surface area (Å²) in [6, 6.07) is 0. The van der Waals surface area contributed by atoms with Gasteiger partial charge in [-0.05, 0) is 38.0 Å². The largest absolute Gasteiger partial charge is 0.457 e. The molecule has 3 heteroatoms. The highest BCUT2D eigenvalue weighted by atomic mass is 16.7. The van der Waals surface area contributed by atoms with E-state index in [4.69, 9.17) is 9.47 Å². The summed E-state index contributed by atoms with van der Waals surface area (Å²) >= 11 is 0. The Balaban J connectivity index is 2.14. The van der Waals surface area contributed by atoms with Crippen molar-refractivity contribution in [2.24, 2.45) is 5.92 Å². The van der Waals surface area contributed by atoms with Gasteiger partial charge in [0, 0.05) is 20.3 Å². The van der Waals surface area contributed by atoms with Gasteiger partial charge in [0.1, 0.15) is 5.76 Å². The Bertz CT molecular complexity index is 379. The van der Waals surface area contributed by atoms with Crippen LogP contribution in [0.5, 0.6) is 0 Å². The SMILES string of the molecule is C=CCCCC1CCCC2=C1C(=O)OC(C)(C)O2. The molecule has 18 heavy (non-hydrogen) atoms. The van der Waals surface area contributed by atoms with Gasteiger partial charge in [-0.3, -0.25) is 0 Å². The lowest BCUT2D eigenvalue weighted by Gasteiger charge is -2.38. The first-order valence-corrected chi connectivity index (χ1v) is 6.80. The Hall–Kier alpha value is -1.25. The van der Waals surface area contributed by atoms with Gasteiger partial charge in [0.15, 0.2) is 0 Å². The second-order valence-corrected chi connectivity index (χ2v) is 5.54. The molecule has 3 nitrogen and oxygen atoms in total. The normalized spacial score (nSPS) is 26.1. The van der Waals surface area contributed by atoms with E-state index in [9.17, 15) is 4.79 Å². The zero-order valence-electron chi connectivity index (χ0n) is 11.3. The number of carbonyl (C=O) groups is 1. The number of carbonyl (C=O) groups excluding carboxylic acids is 1. The third kappa shape index (κ3) is 2.77. The molecule has 0 radical (unpaired) electrons. The van der Waals surface area contributed by atoms with Gasteiger partial charge in [0.05, 0.1) is 5.57 Å². The van der Waals surface area contributed by atoms with Gasteiger partial charge in [-0.1, -0.05) is 6.08 Å². The van der Waals surface area contributed by atoms with Gasteiger partial charge in [0.2, 0.25) is 5.79 Å². The number of cyclic esters (lactones) is 1. The quantitative estimate of drug-likeness (QED) is 0.433. The lowest BCUT2D eigenvalue weighted by atomic mass is 9.82. The summed E-state index contributed by atoms with van der Waals surface area (Å²) < 4.78 is 11.1. The summed E-state index contributed by atoms with van der Waals surface area (Å²) in [4.78, 5) is 12.1. The van der Waals surface area contributed by atoms with Gasteiger partial charge in [-0.2, -0.15) is 0 Å². The topological polar surface area (TPSA) is 35.5 Å². The van der Waals surface area contributed by atoms with Crippen molar-refractivity contribution in [3.05, 3.63) is 24.0 Å². The molecule has 1 heterocycles. The molecule has 1 atom stereocenters. The maximum absolute atomic E-state index is 12.1. The van der Waals surface area contributed by atoms with Crippen molar-refractivity contribution in [1.29, 1.82) is 0 Å². The fraction of sp³-hybridized carbons (Fsp3) is 0.667. The average molecular weight is 250 g/mol. The monoisotopic (exact) mass is 250 g/mol. The van der Waals surface area contributed by atoms with E-state index in [2.05, 4.69) is 6.58 Å². The van der Waals surface area contributed by atoms with E-state index in [0.717, 1.165) is 49.9 Å². The number of unbranched alkanes of at least 4 members (excludes halogenated alkanes) is 1. The number of hydrogen-bond donors (Lipinski definition) is 0. The Morgan fingerprint density at radius 1 is 1.44 bits per heavy atom. The maximum atomic E-state index is 12.1. The van der Waals surface area contributed by atoms with Crippen LogP contribution in [0.4, 0.5) is 0 Å². The standard InChI is InChI=1S/C15H22O3/c1-4-5-6-8-11-9-7-10-12-13(11)14(16)18-15(2,3)17-12/h4,11H,1,5-10H2,2-3H3. The van der Waals surface area contributed by atoms with Crippen molar-refractivity contribution in [3.63, 3.8) is 0 Å². The summed E-state index contributed by atoms with van der Waals surface area (Å²) in [6.45, 7) is 7.31. The molecule has 2 rings (SSSR count). The molecule has 0 fully saturated rings. The molecule has 1 aliphatic heterocycles. The molecule has 100 valence electrons. The molecule has 0 saturated carbocycles. The van der Waals surface area contributed by atoms with Crippen molar-refractivity contribution in [2.45, 2.75) is 58.2 Å². The van der Waals surface area contributed by atoms with Crippen LogP contribution >= 0.6 is 0 Å². The van der Waals surface area contributed by atoms with Crippen LogP contribution in [-0.4, -0.2) is 11.8 Å². The zero-order valence-corrected chi connectivity index (χ0v) is 11.3. The van der Waals surface area contributed by atoms with Crippen LogP contribution < -0.4 is 0 Å². The maximum Gasteiger partial charge on any atom is 0.340 e. The van der Waals surface area contributed by atoms with Crippen LogP contribution in [-0.2, 0) is 14.3 Å². The van der Waals surface area contributed by atoms with Crippen molar-refractivity contribution < 1.29 is 14.3 Å². The van der Waals surface area contributed by atoms with Crippen LogP contribution in [0.25, 0.3) is 0 Å². The predicted octanol–water partition coefficient (Wildman–Crippen LogP) is 3.71. The molecule has 0 aromatic heterocycles. The molecule has 0 aromatic rings. The molecule has 0 aromatic carbocycles. The van der Waals surface area contributed by atoms with Crippen molar-refractivity contribution in [3.8, 4) is 0 Å². The fourth-order valence-electron chi connectivity index (χ4n) is 2.80. The molecule has 1 aliphatic carbocycles. The summed E-state index contributed by atoms with van der Waals surface area (Å²) in [5.41, 5.74) is 0.796. The van der Waals surface area contributed by atoms with Gasteiger partial charge < -0.3 is 9.47 Å². The molecule has 2 aliphatic rings. The molecule has 0 amide bonds. The fourth-order valence-corrected chi connectivity index (χ4v) is 2.80. The number of ether oxygens (including phenoxy) is 2. The lowest BCUT2D eigenvalue weighted by molar-refractivity contribution is -0.210. The third-order valence-corrected chi connectivity index (χ3v) is 3.55. The molecular weight excluding hydrogens is 228 g/mol. The molecule has 1 unspecified atom stereocenters. The minimum Gasteiger partial charge on any atom is -0.457 e. The summed E-state index contributed by atoms with van der Waals surface area (Å²) in [7, 11) is 0. The van der Waals surface area contributed by atoms with Crippen LogP contribution in [0.2, 0.25) is 0 Å². The lowest BCUT2D eigenvalue weighted by Crippen LogP contribution is -2.39. The van der Waals surface area contributed by atoms with Gasteiger partial charge >= 0.3 is 5.97 Å². The van der Waals surface area contributed by atoms with E-state index in [1.165, 1.54) is 0 Å². The smallest absolute Gasteiger partial charge is 0.340 e. The molecule has 0 N–H and O–H groups in total. The summed E-state index contributed by atoms with van der Waals surface area (Å²) in [5.74, 6) is 0.187. The van der Waals surface area contributed by atoms with Gasteiger partial charge in [-0.25, -0.2) is 4.79 Å². The van der Waals surface area contributed by atoms with Crippen LogP contribution in [0.1, 0.15) is 52.4 Å². The first-order chi connectivity index (χ1) is 8.53.